The number of carbonyl (C=O) groups is 1. The summed E-state index contributed by atoms with van der Waals surface area (Å²) in [6, 6.07) is 28.8. The van der Waals surface area contributed by atoms with Gasteiger partial charge in [0.15, 0.2) is 0 Å². The Morgan fingerprint density at radius 2 is 1.68 bits per heavy atom. The van der Waals surface area contributed by atoms with Crippen molar-refractivity contribution in [3.05, 3.63) is 107 Å². The second kappa shape index (κ2) is 11.5. The molecule has 0 aliphatic heterocycles. The van der Waals surface area contributed by atoms with Crippen molar-refractivity contribution in [2.24, 2.45) is 0 Å². The molecule has 41 heavy (non-hydrogen) atoms. The summed E-state index contributed by atoms with van der Waals surface area (Å²) in [5.74, 6) is 0.584. The van der Waals surface area contributed by atoms with Gasteiger partial charge in [-0.25, -0.2) is 9.78 Å². The second-order valence-corrected chi connectivity index (χ2v) is 10.8. The molecule has 5 aromatic rings. The van der Waals surface area contributed by atoms with Gasteiger partial charge in [-0.2, -0.15) is 5.26 Å². The van der Waals surface area contributed by atoms with E-state index in [1.54, 1.807) is 18.2 Å². The number of aromatic carboxylic acids is 1. The lowest BCUT2D eigenvalue weighted by Crippen LogP contribution is -2.14. The first-order valence-electron chi connectivity index (χ1n) is 13.8. The Bertz CT molecular complexity index is 1760. The minimum Gasteiger partial charge on any atom is -0.489 e. The van der Waals surface area contributed by atoms with Gasteiger partial charge in [0.2, 0.25) is 0 Å². The number of rotatable bonds is 7. The summed E-state index contributed by atoms with van der Waals surface area (Å²) < 4.78 is 8.48. The largest absolute Gasteiger partial charge is 0.489 e. The van der Waals surface area contributed by atoms with E-state index >= 15 is 0 Å². The summed E-state index contributed by atoms with van der Waals surface area (Å²) in [6.45, 7) is 0.297. The molecule has 1 N–H and O–H groups in total. The molecule has 0 amide bonds. The topological polar surface area (TPSA) is 88.1 Å². The first kappa shape index (κ1) is 26.6. The number of nitriles is 1. The molecule has 0 radical (unpaired) electrons. The third kappa shape index (κ3) is 5.54. The Kier molecular flexibility index (Phi) is 7.45. The van der Waals surface area contributed by atoms with E-state index in [-0.39, 0.29) is 5.56 Å². The molecule has 7 heteroatoms. The van der Waals surface area contributed by atoms with Gasteiger partial charge < -0.3 is 14.4 Å². The van der Waals surface area contributed by atoms with Crippen LogP contribution in [-0.2, 0) is 6.61 Å². The Labute approximate surface area is 243 Å². The van der Waals surface area contributed by atoms with Gasteiger partial charge in [-0.3, -0.25) is 0 Å². The van der Waals surface area contributed by atoms with Crippen molar-refractivity contribution in [1.82, 2.24) is 9.55 Å². The van der Waals surface area contributed by atoms with Crippen molar-refractivity contribution in [2.75, 3.05) is 0 Å². The van der Waals surface area contributed by atoms with Crippen LogP contribution in [0.1, 0.15) is 59.6 Å². The summed E-state index contributed by atoms with van der Waals surface area (Å²) in [5.41, 5.74) is 6.30. The van der Waals surface area contributed by atoms with E-state index in [9.17, 15) is 15.2 Å². The molecule has 0 spiro atoms. The minimum atomic E-state index is -0.957. The molecule has 6 rings (SSSR count). The van der Waals surface area contributed by atoms with E-state index in [0.29, 0.717) is 34.5 Å². The average Bonchev–Trinajstić information content (AvgIpc) is 3.40. The zero-order valence-corrected chi connectivity index (χ0v) is 23.1. The number of hydrogen-bond acceptors (Lipinski definition) is 4. The predicted octanol–water partition coefficient (Wildman–Crippen LogP) is 8.68. The Morgan fingerprint density at radius 1 is 0.951 bits per heavy atom. The van der Waals surface area contributed by atoms with Crippen molar-refractivity contribution >= 4 is 28.6 Å². The quantitative estimate of drug-likeness (QED) is 0.215. The third-order valence-electron chi connectivity index (χ3n) is 7.77. The molecule has 0 bridgehead atoms. The zero-order valence-electron chi connectivity index (χ0n) is 22.4. The van der Waals surface area contributed by atoms with Crippen LogP contribution in [0, 0.1) is 11.3 Å². The van der Waals surface area contributed by atoms with Crippen LogP contribution in [0.4, 0.5) is 0 Å². The lowest BCUT2D eigenvalue weighted by molar-refractivity contribution is 0.0697. The maximum atomic E-state index is 11.6. The molecule has 1 aliphatic carbocycles. The summed E-state index contributed by atoms with van der Waals surface area (Å²) in [6.07, 6.45) is 5.75. The molecule has 1 aromatic heterocycles. The van der Waals surface area contributed by atoms with Gasteiger partial charge in [-0.15, -0.1) is 0 Å². The molecule has 1 fully saturated rings. The first-order valence-corrected chi connectivity index (χ1v) is 14.2. The lowest BCUT2D eigenvalue weighted by atomic mass is 9.95. The Hall–Kier alpha value is -4.60. The SMILES string of the molecule is N#Cc1ccc(-c2ccc(Cl)cc2)c(COc2ccc(-c3nc4cc(C(=O)O)ccc4n3C3CCCCC3)cc2)c1. The highest BCUT2D eigenvalue weighted by Crippen LogP contribution is 2.37. The molecule has 0 saturated heterocycles. The molecule has 0 atom stereocenters. The number of benzene rings is 4. The molecule has 1 heterocycles. The maximum absolute atomic E-state index is 11.6. The number of nitrogens with zero attached hydrogens (tertiary/aromatic N) is 3. The van der Waals surface area contributed by atoms with Crippen LogP contribution in [-0.4, -0.2) is 20.6 Å². The minimum absolute atomic E-state index is 0.236. The van der Waals surface area contributed by atoms with Crippen LogP contribution in [0.5, 0.6) is 5.75 Å². The van der Waals surface area contributed by atoms with Crippen molar-refractivity contribution in [3.8, 4) is 34.3 Å². The Morgan fingerprint density at radius 3 is 2.39 bits per heavy atom. The molecular formula is C34H28ClN3O3. The van der Waals surface area contributed by atoms with Crippen LogP contribution in [0.2, 0.25) is 5.02 Å². The maximum Gasteiger partial charge on any atom is 0.335 e. The van der Waals surface area contributed by atoms with Crippen LogP contribution in [0.3, 0.4) is 0 Å². The number of fused-ring (bicyclic) bond motifs is 1. The smallest absolute Gasteiger partial charge is 0.335 e. The number of carboxylic acids is 1. The van der Waals surface area contributed by atoms with E-state index in [0.717, 1.165) is 46.4 Å². The number of halogens is 1. The number of carboxylic acid groups (broad SMARTS) is 1. The molecule has 0 unspecified atom stereocenters. The van der Waals surface area contributed by atoms with Crippen molar-refractivity contribution in [1.29, 1.82) is 5.26 Å². The monoisotopic (exact) mass is 561 g/mol. The van der Waals surface area contributed by atoms with Gasteiger partial charge >= 0.3 is 5.97 Å². The average molecular weight is 562 g/mol. The number of aromatic nitrogens is 2. The number of hydrogen-bond donors (Lipinski definition) is 1. The normalized spacial score (nSPS) is 13.7. The van der Waals surface area contributed by atoms with Crippen LogP contribution in [0.25, 0.3) is 33.5 Å². The van der Waals surface area contributed by atoms with Crippen molar-refractivity contribution in [2.45, 2.75) is 44.8 Å². The van der Waals surface area contributed by atoms with E-state index in [4.69, 9.17) is 21.3 Å². The number of ether oxygens (including phenoxy) is 1. The summed E-state index contributed by atoms with van der Waals surface area (Å²) in [5, 5.41) is 19.6. The molecule has 1 saturated carbocycles. The van der Waals surface area contributed by atoms with Crippen molar-refractivity contribution in [3.63, 3.8) is 0 Å². The van der Waals surface area contributed by atoms with Crippen LogP contribution in [0.15, 0.2) is 84.9 Å². The molecule has 4 aromatic carbocycles. The third-order valence-corrected chi connectivity index (χ3v) is 8.02. The molecule has 1 aliphatic rings. The van der Waals surface area contributed by atoms with E-state index in [1.807, 2.05) is 66.7 Å². The summed E-state index contributed by atoms with van der Waals surface area (Å²) >= 11 is 6.08. The van der Waals surface area contributed by atoms with Gasteiger partial charge in [-0.05, 0) is 96.3 Å². The second-order valence-electron chi connectivity index (χ2n) is 10.4. The van der Waals surface area contributed by atoms with E-state index in [2.05, 4.69) is 10.6 Å². The Balaban J connectivity index is 1.29. The van der Waals surface area contributed by atoms with E-state index < -0.39 is 5.97 Å². The van der Waals surface area contributed by atoms with E-state index in [1.165, 1.54) is 19.3 Å². The van der Waals surface area contributed by atoms with Gasteiger partial charge in [0.05, 0.1) is 28.2 Å². The first-order chi connectivity index (χ1) is 20.0. The lowest BCUT2D eigenvalue weighted by Gasteiger charge is -2.25. The highest BCUT2D eigenvalue weighted by Gasteiger charge is 2.23. The zero-order chi connectivity index (χ0) is 28.3. The fourth-order valence-electron chi connectivity index (χ4n) is 5.70. The van der Waals surface area contributed by atoms with Crippen molar-refractivity contribution < 1.29 is 14.6 Å². The standard InChI is InChI=1S/C34H28ClN3O3/c35-27-12-7-23(8-13-27)30-16-6-22(20-36)18-26(30)21-41-29-14-9-24(10-15-29)33-37-31-19-25(34(39)40)11-17-32(31)38(33)28-4-2-1-3-5-28/h6-19,28H,1-5,21H2,(H,39,40). The fourth-order valence-corrected chi connectivity index (χ4v) is 5.83. The highest BCUT2D eigenvalue weighted by molar-refractivity contribution is 6.30. The summed E-state index contributed by atoms with van der Waals surface area (Å²) in [4.78, 5) is 16.5. The molecule has 6 nitrogen and oxygen atoms in total. The van der Waals surface area contributed by atoms with Gasteiger partial charge in [0.25, 0.3) is 0 Å². The molecule has 204 valence electrons. The van der Waals surface area contributed by atoms with Crippen LogP contribution >= 0.6 is 11.6 Å². The number of imidazole rings is 1. The van der Waals surface area contributed by atoms with Crippen LogP contribution < -0.4 is 4.74 Å². The molecular weight excluding hydrogens is 534 g/mol. The van der Waals surface area contributed by atoms with Gasteiger partial charge in [-0.1, -0.05) is 49.1 Å². The summed E-state index contributed by atoms with van der Waals surface area (Å²) in [7, 11) is 0. The van der Waals surface area contributed by atoms with Gasteiger partial charge in [0.1, 0.15) is 18.2 Å². The van der Waals surface area contributed by atoms with Gasteiger partial charge in [0, 0.05) is 16.6 Å². The highest BCUT2D eigenvalue weighted by atomic mass is 35.5. The fraction of sp³-hybridized carbons (Fsp3) is 0.206. The predicted molar refractivity (Wildman–Crippen MR) is 160 cm³/mol.